The van der Waals surface area contributed by atoms with Crippen molar-refractivity contribution in [2.24, 2.45) is 0 Å². The molecule has 0 aromatic heterocycles. The van der Waals surface area contributed by atoms with Crippen molar-refractivity contribution in [2.45, 2.75) is 64.0 Å². The first kappa shape index (κ1) is 14.6. The Bertz CT molecular complexity index is 235. The van der Waals surface area contributed by atoms with Gasteiger partial charge in [0.15, 0.2) is 0 Å². The monoisotopic (exact) mass is 272 g/mol. The molecule has 2 saturated heterocycles. The Morgan fingerprint density at radius 1 is 1.06 bits per heavy atom. The third kappa shape index (κ3) is 4.11. The standard InChI is InChI=1S/C15H29ClN2/c1-14-12-18-11-7-4-8-15(18)13-17(14)10-6-3-2-5-9-16/h14-15H,2-13H2,1H3. The second-order valence-corrected chi connectivity index (χ2v) is 6.47. The van der Waals surface area contributed by atoms with Gasteiger partial charge >= 0.3 is 0 Å². The van der Waals surface area contributed by atoms with E-state index >= 15 is 0 Å². The van der Waals surface area contributed by atoms with Gasteiger partial charge in [0.05, 0.1) is 0 Å². The van der Waals surface area contributed by atoms with Gasteiger partial charge in [-0.3, -0.25) is 9.80 Å². The van der Waals surface area contributed by atoms with Crippen LogP contribution in [0.2, 0.25) is 0 Å². The number of fused-ring (bicyclic) bond motifs is 1. The van der Waals surface area contributed by atoms with E-state index in [1.165, 1.54) is 71.1 Å². The van der Waals surface area contributed by atoms with Crippen LogP contribution in [0.3, 0.4) is 0 Å². The predicted molar refractivity (Wildman–Crippen MR) is 79.4 cm³/mol. The Hall–Kier alpha value is 0.210. The molecule has 0 amide bonds. The third-order valence-electron chi connectivity index (χ3n) is 4.65. The van der Waals surface area contributed by atoms with Gasteiger partial charge in [-0.1, -0.05) is 19.3 Å². The second kappa shape index (κ2) is 7.72. The number of alkyl halides is 1. The lowest BCUT2D eigenvalue weighted by Gasteiger charge is -2.47. The predicted octanol–water partition coefficient (Wildman–Crippen LogP) is 3.34. The highest BCUT2D eigenvalue weighted by molar-refractivity contribution is 6.17. The molecule has 2 atom stereocenters. The van der Waals surface area contributed by atoms with Gasteiger partial charge in [0.1, 0.15) is 0 Å². The largest absolute Gasteiger partial charge is 0.298 e. The van der Waals surface area contributed by atoms with Crippen LogP contribution in [0.15, 0.2) is 0 Å². The van der Waals surface area contributed by atoms with E-state index in [9.17, 15) is 0 Å². The van der Waals surface area contributed by atoms with E-state index in [0.29, 0.717) is 0 Å². The third-order valence-corrected chi connectivity index (χ3v) is 4.91. The van der Waals surface area contributed by atoms with Crippen molar-refractivity contribution in [3.05, 3.63) is 0 Å². The zero-order chi connectivity index (χ0) is 12.8. The normalized spacial score (nSPS) is 30.3. The molecule has 2 rings (SSSR count). The highest BCUT2D eigenvalue weighted by Crippen LogP contribution is 2.24. The summed E-state index contributed by atoms with van der Waals surface area (Å²) in [7, 11) is 0. The van der Waals surface area contributed by atoms with Gasteiger partial charge in [0, 0.05) is 31.1 Å². The highest BCUT2D eigenvalue weighted by Gasteiger charge is 2.32. The lowest BCUT2D eigenvalue weighted by Crippen LogP contribution is -2.58. The summed E-state index contributed by atoms with van der Waals surface area (Å²) in [5, 5.41) is 0. The van der Waals surface area contributed by atoms with E-state index in [-0.39, 0.29) is 0 Å². The fourth-order valence-electron chi connectivity index (χ4n) is 3.49. The van der Waals surface area contributed by atoms with E-state index < -0.39 is 0 Å². The first-order valence-corrected chi connectivity index (χ1v) is 8.39. The summed E-state index contributed by atoms with van der Waals surface area (Å²) in [6.45, 7) is 7.67. The van der Waals surface area contributed by atoms with Crippen LogP contribution in [0.25, 0.3) is 0 Å². The number of unbranched alkanes of at least 4 members (excludes halogenated alkanes) is 3. The minimum atomic E-state index is 0.757. The van der Waals surface area contributed by atoms with Gasteiger partial charge in [-0.15, -0.1) is 11.6 Å². The van der Waals surface area contributed by atoms with Crippen LogP contribution in [0.4, 0.5) is 0 Å². The molecule has 3 heteroatoms. The molecule has 2 unspecified atom stereocenters. The molecular weight excluding hydrogens is 244 g/mol. The van der Waals surface area contributed by atoms with Crippen LogP contribution >= 0.6 is 11.6 Å². The molecule has 0 aliphatic carbocycles. The molecule has 2 fully saturated rings. The van der Waals surface area contributed by atoms with Crippen molar-refractivity contribution in [3.63, 3.8) is 0 Å². The Labute approximate surface area is 118 Å². The van der Waals surface area contributed by atoms with Gasteiger partial charge in [0.2, 0.25) is 0 Å². The van der Waals surface area contributed by atoms with E-state index in [1.54, 1.807) is 0 Å². The minimum absolute atomic E-state index is 0.757. The first-order chi connectivity index (χ1) is 8.81. The van der Waals surface area contributed by atoms with E-state index in [2.05, 4.69) is 16.7 Å². The van der Waals surface area contributed by atoms with Crippen LogP contribution < -0.4 is 0 Å². The molecule has 2 aliphatic rings. The molecule has 18 heavy (non-hydrogen) atoms. The van der Waals surface area contributed by atoms with Crippen LogP contribution in [-0.4, -0.2) is 53.9 Å². The van der Waals surface area contributed by atoms with Crippen LogP contribution in [0.1, 0.15) is 51.9 Å². The average molecular weight is 273 g/mol. The fraction of sp³-hybridized carbons (Fsp3) is 1.00. The molecule has 0 aromatic rings. The first-order valence-electron chi connectivity index (χ1n) is 7.85. The van der Waals surface area contributed by atoms with Crippen LogP contribution in [-0.2, 0) is 0 Å². The maximum Gasteiger partial charge on any atom is 0.0223 e. The Kier molecular flexibility index (Phi) is 6.26. The summed E-state index contributed by atoms with van der Waals surface area (Å²) in [5.74, 6) is 0.831. The van der Waals surface area contributed by atoms with Gasteiger partial charge in [-0.2, -0.15) is 0 Å². The van der Waals surface area contributed by atoms with Crippen LogP contribution in [0, 0.1) is 0 Å². The maximum atomic E-state index is 5.71. The fourth-order valence-corrected chi connectivity index (χ4v) is 3.68. The molecular formula is C15H29ClN2. The maximum absolute atomic E-state index is 5.71. The number of piperidine rings is 1. The molecule has 106 valence electrons. The lowest BCUT2D eigenvalue weighted by atomic mass is 9.97. The van der Waals surface area contributed by atoms with Gasteiger partial charge in [-0.05, 0) is 45.7 Å². The molecule has 0 radical (unpaired) electrons. The summed E-state index contributed by atoms with van der Waals surface area (Å²) >= 11 is 5.71. The zero-order valence-electron chi connectivity index (χ0n) is 11.9. The van der Waals surface area contributed by atoms with Gasteiger partial charge in [-0.25, -0.2) is 0 Å². The Morgan fingerprint density at radius 2 is 1.89 bits per heavy atom. The summed E-state index contributed by atoms with van der Waals surface area (Å²) in [6, 6.07) is 1.62. The summed E-state index contributed by atoms with van der Waals surface area (Å²) in [5.41, 5.74) is 0. The number of rotatable bonds is 6. The topological polar surface area (TPSA) is 6.48 Å². The second-order valence-electron chi connectivity index (χ2n) is 6.09. The van der Waals surface area contributed by atoms with E-state index in [4.69, 9.17) is 11.6 Å². The van der Waals surface area contributed by atoms with Crippen molar-refractivity contribution in [1.82, 2.24) is 9.80 Å². The Morgan fingerprint density at radius 3 is 2.72 bits per heavy atom. The molecule has 2 heterocycles. The summed E-state index contributed by atoms with van der Waals surface area (Å²) in [4.78, 5) is 5.46. The zero-order valence-corrected chi connectivity index (χ0v) is 12.7. The highest BCUT2D eigenvalue weighted by atomic mass is 35.5. The quantitative estimate of drug-likeness (QED) is 0.541. The average Bonchev–Trinajstić information content (AvgIpc) is 2.39. The number of hydrogen-bond donors (Lipinski definition) is 0. The number of halogens is 1. The van der Waals surface area contributed by atoms with E-state index in [1.807, 2.05) is 0 Å². The van der Waals surface area contributed by atoms with Crippen molar-refractivity contribution in [1.29, 1.82) is 0 Å². The number of nitrogens with zero attached hydrogens (tertiary/aromatic N) is 2. The van der Waals surface area contributed by atoms with Crippen LogP contribution in [0.5, 0.6) is 0 Å². The van der Waals surface area contributed by atoms with Gasteiger partial charge < -0.3 is 0 Å². The molecule has 2 aliphatic heterocycles. The number of hydrogen-bond acceptors (Lipinski definition) is 2. The summed E-state index contributed by atoms with van der Waals surface area (Å²) in [6.07, 6.45) is 9.49. The van der Waals surface area contributed by atoms with Crippen molar-refractivity contribution < 1.29 is 0 Å². The van der Waals surface area contributed by atoms with Crippen molar-refractivity contribution >= 4 is 11.6 Å². The van der Waals surface area contributed by atoms with Crippen molar-refractivity contribution in [2.75, 3.05) is 32.1 Å². The number of piperazine rings is 1. The molecule has 0 aromatic carbocycles. The van der Waals surface area contributed by atoms with Gasteiger partial charge in [0.25, 0.3) is 0 Å². The molecule has 0 bridgehead atoms. The smallest absolute Gasteiger partial charge is 0.0223 e. The SMILES string of the molecule is CC1CN2CCCCC2CN1CCCCCCCl. The summed E-state index contributed by atoms with van der Waals surface area (Å²) < 4.78 is 0. The minimum Gasteiger partial charge on any atom is -0.298 e. The molecule has 0 spiro atoms. The lowest BCUT2D eigenvalue weighted by molar-refractivity contribution is 0.0146. The molecule has 2 nitrogen and oxygen atoms in total. The van der Waals surface area contributed by atoms with E-state index in [0.717, 1.165) is 18.0 Å². The molecule has 0 saturated carbocycles. The Balaban J connectivity index is 1.68. The molecule has 0 N–H and O–H groups in total. The van der Waals surface area contributed by atoms with Crippen molar-refractivity contribution in [3.8, 4) is 0 Å².